The second kappa shape index (κ2) is 11.4. The van der Waals surface area contributed by atoms with Crippen molar-refractivity contribution in [1.82, 2.24) is 30.1 Å². The Morgan fingerprint density at radius 2 is 1.84 bits per heavy atom. The van der Waals surface area contributed by atoms with Gasteiger partial charge in [0.1, 0.15) is 0 Å². The highest BCUT2D eigenvalue weighted by atomic mass is 16.3. The minimum absolute atomic E-state index is 0.0719. The van der Waals surface area contributed by atoms with E-state index in [9.17, 15) is 5.11 Å². The second-order valence-corrected chi connectivity index (χ2v) is 10.8. The van der Waals surface area contributed by atoms with Gasteiger partial charge in [0.05, 0.1) is 11.7 Å². The predicted molar refractivity (Wildman–Crippen MR) is 151 cm³/mol. The van der Waals surface area contributed by atoms with Crippen molar-refractivity contribution in [3.05, 3.63) is 96.1 Å². The van der Waals surface area contributed by atoms with Gasteiger partial charge in [0.15, 0.2) is 6.23 Å². The summed E-state index contributed by atoms with van der Waals surface area (Å²) in [6.45, 7) is 9.67. The topological polar surface area (TPSA) is 89.4 Å². The number of nitrogens with zero attached hydrogens (tertiary/aromatic N) is 5. The average molecular weight is 512 g/mol. The Kier molecular flexibility index (Phi) is 7.83. The molecule has 3 heterocycles. The highest BCUT2D eigenvalue weighted by Gasteiger charge is 2.29. The van der Waals surface area contributed by atoms with E-state index in [1.165, 1.54) is 5.56 Å². The van der Waals surface area contributed by atoms with Crippen molar-refractivity contribution in [2.45, 2.75) is 32.7 Å². The number of aliphatic hydroxyl groups excluding tert-OH is 1. The molecule has 0 amide bonds. The van der Waals surface area contributed by atoms with Gasteiger partial charge in [0.2, 0.25) is 5.95 Å². The number of benzene rings is 1. The lowest BCUT2D eigenvalue weighted by Crippen LogP contribution is -2.43. The number of nitrogens with one attached hydrogen (secondary N) is 2. The average Bonchev–Trinajstić information content (AvgIpc) is 2.93. The Bertz CT molecular complexity index is 1270. The zero-order chi connectivity index (χ0) is 26.5. The molecule has 1 aliphatic carbocycles. The minimum atomic E-state index is -0.810. The van der Waals surface area contributed by atoms with Crippen LogP contribution in [0.3, 0.4) is 0 Å². The van der Waals surface area contributed by atoms with Crippen LogP contribution >= 0.6 is 0 Å². The molecule has 3 aromatic rings. The Morgan fingerprint density at radius 3 is 2.58 bits per heavy atom. The van der Waals surface area contributed by atoms with Gasteiger partial charge < -0.3 is 20.6 Å². The largest absolute Gasteiger partial charge is 0.369 e. The van der Waals surface area contributed by atoms with Crippen LogP contribution in [0, 0.1) is 5.41 Å². The molecule has 1 fully saturated rings. The molecule has 1 aliphatic heterocycles. The van der Waals surface area contributed by atoms with E-state index in [-0.39, 0.29) is 11.5 Å². The second-order valence-electron chi connectivity index (χ2n) is 10.8. The fraction of sp³-hybridized carbons (Fsp3) is 0.367. The smallest absolute Gasteiger partial charge is 0.223 e. The highest BCUT2D eigenvalue weighted by Crippen LogP contribution is 2.31. The number of likely N-dealkylation sites (N-methyl/N-ethyl adjacent to an activating group) is 1. The summed E-state index contributed by atoms with van der Waals surface area (Å²) in [5.41, 5.74) is 4.53. The number of allylic oxidation sites excluding steroid dienone is 1. The van der Waals surface area contributed by atoms with E-state index in [2.05, 4.69) is 75.6 Å². The predicted octanol–water partition coefficient (Wildman–Crippen LogP) is 3.83. The number of pyridine rings is 1. The summed E-state index contributed by atoms with van der Waals surface area (Å²) < 4.78 is 0. The molecule has 1 saturated heterocycles. The van der Waals surface area contributed by atoms with E-state index in [4.69, 9.17) is 4.98 Å². The molecule has 198 valence electrons. The number of rotatable bonds is 8. The van der Waals surface area contributed by atoms with Crippen LogP contribution in [0.4, 0.5) is 5.95 Å². The number of hydrogen-bond donors (Lipinski definition) is 3. The number of piperazine rings is 1. The van der Waals surface area contributed by atoms with Crippen LogP contribution in [0.5, 0.6) is 0 Å². The van der Waals surface area contributed by atoms with Crippen molar-refractivity contribution >= 4 is 5.95 Å². The van der Waals surface area contributed by atoms with Gasteiger partial charge >= 0.3 is 0 Å². The molecule has 0 radical (unpaired) electrons. The molecule has 38 heavy (non-hydrogen) atoms. The van der Waals surface area contributed by atoms with E-state index < -0.39 is 6.23 Å². The van der Waals surface area contributed by atoms with Gasteiger partial charge in [-0.15, -0.1) is 0 Å². The standard InChI is InChI=1S/C30H37N7O/c1-30(2)12-10-25(19-27(30)35-29-32-14-11-26(34-29)24-5-4-13-31-20-24)33-28(38)23-8-6-22(7-9-23)21-37-17-15-36(3)16-18-37/h4-14,19-20,27-28,33,38H,15-18,21H2,1-3H3,(H,32,34,35)/t27?,28-/m1/s1. The third kappa shape index (κ3) is 6.45. The van der Waals surface area contributed by atoms with Crippen LogP contribution in [-0.2, 0) is 6.54 Å². The molecule has 1 aromatic carbocycles. The third-order valence-corrected chi connectivity index (χ3v) is 7.34. The normalized spacial score (nSPS) is 20.5. The number of aliphatic hydroxyl groups is 1. The van der Waals surface area contributed by atoms with Gasteiger partial charge in [-0.25, -0.2) is 9.97 Å². The van der Waals surface area contributed by atoms with E-state index in [1.807, 2.05) is 36.4 Å². The van der Waals surface area contributed by atoms with Gasteiger partial charge in [0.25, 0.3) is 0 Å². The Balaban J connectivity index is 1.23. The Labute approximate surface area is 225 Å². The molecular formula is C30H37N7O. The van der Waals surface area contributed by atoms with Crippen LogP contribution in [0.25, 0.3) is 11.3 Å². The SMILES string of the molecule is CN1CCN(Cc2ccc([C@@H](O)NC3=CC(Nc4nccc(-c5cccnc5)n4)C(C)(C)C=C3)cc2)CC1. The van der Waals surface area contributed by atoms with Crippen LogP contribution < -0.4 is 10.6 Å². The fourth-order valence-electron chi connectivity index (χ4n) is 4.74. The van der Waals surface area contributed by atoms with Gasteiger partial charge in [-0.2, -0.15) is 0 Å². The Morgan fingerprint density at radius 1 is 1.05 bits per heavy atom. The minimum Gasteiger partial charge on any atom is -0.369 e. The van der Waals surface area contributed by atoms with Crippen molar-refractivity contribution in [2.24, 2.45) is 5.41 Å². The van der Waals surface area contributed by atoms with Crippen LogP contribution in [0.1, 0.15) is 31.2 Å². The first-order chi connectivity index (χ1) is 18.4. The summed E-state index contributed by atoms with van der Waals surface area (Å²) in [6.07, 6.45) is 10.7. The van der Waals surface area contributed by atoms with Crippen molar-refractivity contribution in [2.75, 3.05) is 38.5 Å². The van der Waals surface area contributed by atoms with E-state index in [0.717, 1.165) is 55.2 Å². The molecule has 8 nitrogen and oxygen atoms in total. The van der Waals surface area contributed by atoms with Crippen molar-refractivity contribution in [3.63, 3.8) is 0 Å². The maximum atomic E-state index is 10.9. The molecule has 0 saturated carbocycles. The number of hydrogen-bond acceptors (Lipinski definition) is 8. The van der Waals surface area contributed by atoms with Crippen LogP contribution in [0.2, 0.25) is 0 Å². The van der Waals surface area contributed by atoms with E-state index >= 15 is 0 Å². The summed E-state index contributed by atoms with van der Waals surface area (Å²) in [4.78, 5) is 18.2. The van der Waals surface area contributed by atoms with Crippen LogP contribution in [-0.4, -0.2) is 69.1 Å². The highest BCUT2D eigenvalue weighted by molar-refractivity contribution is 5.58. The Hall–Kier alpha value is -3.59. The summed E-state index contributed by atoms with van der Waals surface area (Å²) in [7, 11) is 2.17. The van der Waals surface area contributed by atoms with Crippen molar-refractivity contribution in [3.8, 4) is 11.3 Å². The zero-order valence-corrected chi connectivity index (χ0v) is 22.4. The molecule has 0 spiro atoms. The fourth-order valence-corrected chi connectivity index (χ4v) is 4.74. The van der Waals surface area contributed by atoms with Crippen LogP contribution in [0.15, 0.2) is 85.0 Å². The third-order valence-electron chi connectivity index (χ3n) is 7.34. The number of aromatic nitrogens is 3. The zero-order valence-electron chi connectivity index (χ0n) is 22.4. The first kappa shape index (κ1) is 26.0. The summed E-state index contributed by atoms with van der Waals surface area (Å²) in [5.74, 6) is 0.548. The van der Waals surface area contributed by atoms with Gasteiger partial charge in [-0.1, -0.05) is 44.2 Å². The molecule has 2 aromatic heterocycles. The lowest BCUT2D eigenvalue weighted by molar-refractivity contribution is 0.147. The molecule has 2 aliphatic rings. The molecule has 8 heteroatoms. The molecule has 3 N–H and O–H groups in total. The maximum Gasteiger partial charge on any atom is 0.223 e. The molecule has 0 bridgehead atoms. The maximum absolute atomic E-state index is 10.9. The lowest BCUT2D eigenvalue weighted by atomic mass is 9.80. The van der Waals surface area contributed by atoms with E-state index in [1.54, 1.807) is 18.6 Å². The van der Waals surface area contributed by atoms with Gasteiger partial charge in [-0.3, -0.25) is 9.88 Å². The summed E-state index contributed by atoms with van der Waals surface area (Å²) in [6, 6.07) is 13.9. The first-order valence-corrected chi connectivity index (χ1v) is 13.2. The summed E-state index contributed by atoms with van der Waals surface area (Å²) in [5, 5.41) is 17.7. The quantitative estimate of drug-likeness (QED) is 0.393. The summed E-state index contributed by atoms with van der Waals surface area (Å²) >= 11 is 0. The van der Waals surface area contributed by atoms with Gasteiger partial charge in [-0.05, 0) is 43.0 Å². The van der Waals surface area contributed by atoms with Crippen molar-refractivity contribution < 1.29 is 5.11 Å². The molecular weight excluding hydrogens is 474 g/mol. The molecule has 5 rings (SSSR count). The molecule has 2 atom stereocenters. The first-order valence-electron chi connectivity index (χ1n) is 13.2. The monoisotopic (exact) mass is 511 g/mol. The van der Waals surface area contributed by atoms with Gasteiger partial charge in [0, 0.05) is 73.6 Å². The lowest BCUT2D eigenvalue weighted by Gasteiger charge is -2.34. The molecule has 1 unspecified atom stereocenters. The number of anilines is 1. The van der Waals surface area contributed by atoms with Crippen molar-refractivity contribution in [1.29, 1.82) is 0 Å². The van der Waals surface area contributed by atoms with E-state index in [0.29, 0.717) is 5.95 Å².